The molecule has 1 aromatic carbocycles. The van der Waals surface area contributed by atoms with Crippen molar-refractivity contribution in [1.29, 1.82) is 0 Å². The number of amides is 2. The Morgan fingerprint density at radius 1 is 1.21 bits per heavy atom. The maximum atomic E-state index is 13.0. The second-order valence-electron chi connectivity index (χ2n) is 8.07. The van der Waals surface area contributed by atoms with Crippen LogP contribution in [0.25, 0.3) is 0 Å². The second-order valence-corrected chi connectivity index (χ2v) is 8.07. The number of ether oxygens (including phenoxy) is 3. The summed E-state index contributed by atoms with van der Waals surface area (Å²) in [5, 5.41) is 7.35. The number of aryl methyl sites for hydroxylation is 1. The summed E-state index contributed by atoms with van der Waals surface area (Å²) >= 11 is 0. The zero-order chi connectivity index (χ0) is 20.8. The van der Waals surface area contributed by atoms with E-state index in [1.165, 1.54) is 0 Å². The predicted molar refractivity (Wildman–Crippen MR) is 104 cm³/mol. The second kappa shape index (κ2) is 6.98. The topological polar surface area (TPSA) is 94.9 Å². The highest BCUT2D eigenvalue weighted by molar-refractivity contribution is 6.04. The van der Waals surface area contributed by atoms with E-state index in [2.05, 4.69) is 10.4 Å². The van der Waals surface area contributed by atoms with E-state index >= 15 is 0 Å². The lowest BCUT2D eigenvalue weighted by molar-refractivity contribution is 0.0222. The first-order valence-corrected chi connectivity index (χ1v) is 9.45. The average Bonchev–Trinajstić information content (AvgIpc) is 3.22. The smallest absolute Gasteiger partial charge is 0.410 e. The molecule has 4 rings (SSSR count). The van der Waals surface area contributed by atoms with Crippen molar-refractivity contribution < 1.29 is 23.8 Å². The first-order valence-electron chi connectivity index (χ1n) is 9.45. The molecular weight excluding hydrogens is 376 g/mol. The molecule has 9 heteroatoms. The molecule has 0 bridgehead atoms. The standard InChI is InChI=1S/C20H24N4O5/c1-20(2,3)29-19(26)24-8-7-14-13(10-24)17(23(4)22-14)18(25)21-12-5-6-15-16(9-12)28-11-27-15/h5-6,9H,7-8,10-11H2,1-4H3,(H,21,25). The zero-order valence-electron chi connectivity index (χ0n) is 16.9. The van der Waals surface area contributed by atoms with Gasteiger partial charge in [0.05, 0.1) is 12.2 Å². The van der Waals surface area contributed by atoms with Crippen molar-refractivity contribution in [2.24, 2.45) is 7.05 Å². The van der Waals surface area contributed by atoms with Gasteiger partial charge in [0, 0.05) is 37.3 Å². The molecule has 1 aromatic heterocycles. The average molecular weight is 400 g/mol. The number of carbonyl (C=O) groups excluding carboxylic acids is 2. The minimum Gasteiger partial charge on any atom is -0.454 e. The van der Waals surface area contributed by atoms with E-state index in [0.29, 0.717) is 35.8 Å². The van der Waals surface area contributed by atoms with Gasteiger partial charge in [-0.3, -0.25) is 9.48 Å². The molecule has 2 aromatic rings. The Morgan fingerprint density at radius 3 is 2.72 bits per heavy atom. The number of fused-ring (bicyclic) bond motifs is 2. The number of rotatable bonds is 2. The van der Waals surface area contributed by atoms with E-state index in [1.807, 2.05) is 20.8 Å². The molecule has 1 N–H and O–H groups in total. The summed E-state index contributed by atoms with van der Waals surface area (Å²) < 4.78 is 17.7. The lowest BCUT2D eigenvalue weighted by atomic mass is 10.1. The molecule has 0 unspecified atom stereocenters. The third kappa shape index (κ3) is 3.85. The summed E-state index contributed by atoms with van der Waals surface area (Å²) in [6.45, 7) is 6.43. The fourth-order valence-corrected chi connectivity index (χ4v) is 3.43. The quantitative estimate of drug-likeness (QED) is 0.833. The van der Waals surface area contributed by atoms with E-state index < -0.39 is 11.7 Å². The summed E-state index contributed by atoms with van der Waals surface area (Å²) in [6, 6.07) is 5.22. The number of hydrogen-bond acceptors (Lipinski definition) is 6. The highest BCUT2D eigenvalue weighted by Gasteiger charge is 2.31. The van der Waals surface area contributed by atoms with Crippen molar-refractivity contribution in [3.63, 3.8) is 0 Å². The molecule has 2 aliphatic heterocycles. The Bertz CT molecular complexity index is 976. The van der Waals surface area contributed by atoms with Gasteiger partial charge in [-0.1, -0.05) is 0 Å². The Morgan fingerprint density at radius 2 is 1.97 bits per heavy atom. The first-order chi connectivity index (χ1) is 13.7. The number of nitrogens with zero attached hydrogens (tertiary/aromatic N) is 3. The van der Waals surface area contributed by atoms with Gasteiger partial charge in [-0.25, -0.2) is 4.79 Å². The van der Waals surface area contributed by atoms with Crippen LogP contribution in [-0.2, 0) is 24.8 Å². The first kappa shape index (κ1) is 19.1. The SMILES string of the molecule is Cn1nc2c(c1C(=O)Nc1ccc3c(c1)OCO3)CN(C(=O)OC(C)(C)C)CC2. The Hall–Kier alpha value is -3.23. The summed E-state index contributed by atoms with van der Waals surface area (Å²) in [6.07, 6.45) is 0.175. The van der Waals surface area contributed by atoms with Crippen LogP contribution in [-0.4, -0.2) is 45.6 Å². The van der Waals surface area contributed by atoms with Crippen LogP contribution in [0.1, 0.15) is 42.5 Å². The van der Waals surface area contributed by atoms with E-state index in [0.717, 1.165) is 11.3 Å². The molecule has 2 amide bonds. The van der Waals surface area contributed by atoms with Crippen LogP contribution in [0.5, 0.6) is 11.5 Å². The van der Waals surface area contributed by atoms with Gasteiger partial charge in [-0.15, -0.1) is 0 Å². The number of benzene rings is 1. The molecule has 0 fully saturated rings. The third-order valence-electron chi connectivity index (χ3n) is 4.69. The van der Waals surface area contributed by atoms with Gasteiger partial charge in [-0.05, 0) is 32.9 Å². The largest absolute Gasteiger partial charge is 0.454 e. The predicted octanol–water partition coefficient (Wildman–Crippen LogP) is 2.69. The molecule has 0 aliphatic carbocycles. The number of nitrogens with one attached hydrogen (secondary N) is 1. The van der Waals surface area contributed by atoms with E-state index in [-0.39, 0.29) is 19.2 Å². The fraction of sp³-hybridized carbons (Fsp3) is 0.450. The van der Waals surface area contributed by atoms with Crippen LogP contribution < -0.4 is 14.8 Å². The number of carbonyl (C=O) groups is 2. The summed E-state index contributed by atoms with van der Waals surface area (Å²) in [5.74, 6) is 0.936. The molecule has 154 valence electrons. The van der Waals surface area contributed by atoms with Gasteiger partial charge in [0.1, 0.15) is 11.3 Å². The minimum atomic E-state index is -0.578. The van der Waals surface area contributed by atoms with Crippen molar-refractivity contribution in [1.82, 2.24) is 14.7 Å². The van der Waals surface area contributed by atoms with Crippen molar-refractivity contribution in [2.75, 3.05) is 18.7 Å². The summed E-state index contributed by atoms with van der Waals surface area (Å²) in [5.41, 5.74) is 2.00. The molecule has 3 heterocycles. The lowest BCUT2D eigenvalue weighted by Crippen LogP contribution is -2.40. The number of aromatic nitrogens is 2. The molecule has 0 radical (unpaired) electrons. The van der Waals surface area contributed by atoms with Crippen molar-refractivity contribution in [3.05, 3.63) is 35.2 Å². The zero-order valence-corrected chi connectivity index (χ0v) is 16.9. The van der Waals surface area contributed by atoms with Crippen molar-refractivity contribution in [2.45, 2.75) is 39.3 Å². The molecule has 0 saturated heterocycles. The van der Waals surface area contributed by atoms with Gasteiger partial charge in [0.15, 0.2) is 11.5 Å². The Balaban J connectivity index is 1.54. The van der Waals surface area contributed by atoms with Crippen LogP contribution >= 0.6 is 0 Å². The van der Waals surface area contributed by atoms with Gasteiger partial charge in [-0.2, -0.15) is 5.10 Å². The van der Waals surface area contributed by atoms with Gasteiger partial charge < -0.3 is 24.4 Å². The maximum absolute atomic E-state index is 13.0. The molecule has 0 spiro atoms. The highest BCUT2D eigenvalue weighted by Crippen LogP contribution is 2.34. The summed E-state index contributed by atoms with van der Waals surface area (Å²) in [7, 11) is 1.73. The molecule has 2 aliphatic rings. The molecule has 29 heavy (non-hydrogen) atoms. The highest BCUT2D eigenvalue weighted by atomic mass is 16.7. The number of hydrogen-bond donors (Lipinski definition) is 1. The van der Waals surface area contributed by atoms with Crippen LogP contribution in [0, 0.1) is 0 Å². The fourth-order valence-electron chi connectivity index (χ4n) is 3.43. The molecule has 0 saturated carbocycles. The van der Waals surface area contributed by atoms with Crippen molar-refractivity contribution >= 4 is 17.7 Å². The van der Waals surface area contributed by atoms with Gasteiger partial charge >= 0.3 is 6.09 Å². The monoisotopic (exact) mass is 400 g/mol. The van der Waals surface area contributed by atoms with Crippen LogP contribution in [0.15, 0.2) is 18.2 Å². The number of anilines is 1. The summed E-state index contributed by atoms with van der Waals surface area (Å²) in [4.78, 5) is 27.1. The Labute approximate surface area is 168 Å². The molecule has 9 nitrogen and oxygen atoms in total. The Kier molecular flexibility index (Phi) is 4.60. The van der Waals surface area contributed by atoms with Gasteiger partial charge in [0.25, 0.3) is 5.91 Å². The van der Waals surface area contributed by atoms with E-state index in [1.54, 1.807) is 34.8 Å². The van der Waals surface area contributed by atoms with Gasteiger partial charge in [0.2, 0.25) is 6.79 Å². The lowest BCUT2D eigenvalue weighted by Gasteiger charge is -2.29. The van der Waals surface area contributed by atoms with Crippen LogP contribution in [0.4, 0.5) is 10.5 Å². The normalized spacial score (nSPS) is 15.1. The third-order valence-corrected chi connectivity index (χ3v) is 4.69. The van der Waals surface area contributed by atoms with E-state index in [4.69, 9.17) is 14.2 Å². The van der Waals surface area contributed by atoms with E-state index in [9.17, 15) is 9.59 Å². The molecule has 0 atom stereocenters. The maximum Gasteiger partial charge on any atom is 0.410 e. The van der Waals surface area contributed by atoms with Crippen molar-refractivity contribution in [3.8, 4) is 11.5 Å². The van der Waals surface area contributed by atoms with Crippen LogP contribution in [0.2, 0.25) is 0 Å². The minimum absolute atomic E-state index is 0.169. The van der Waals surface area contributed by atoms with Crippen LogP contribution in [0.3, 0.4) is 0 Å². The molecular formula is C20H24N4O5.